The largest absolute Gasteiger partial charge is 0.391 e. The number of nitrogens with zero attached hydrogens (tertiary/aromatic N) is 1. The number of carbonyl (C=O) groups is 1. The summed E-state index contributed by atoms with van der Waals surface area (Å²) in [7, 11) is 0. The first kappa shape index (κ1) is 13.2. The molecule has 1 aromatic heterocycles. The van der Waals surface area contributed by atoms with Gasteiger partial charge in [-0.25, -0.2) is 4.98 Å². The van der Waals surface area contributed by atoms with Crippen LogP contribution in [0.4, 0.5) is 0 Å². The predicted molar refractivity (Wildman–Crippen MR) is 72.3 cm³/mol. The van der Waals surface area contributed by atoms with E-state index in [-0.39, 0.29) is 11.9 Å². The van der Waals surface area contributed by atoms with Gasteiger partial charge in [0, 0.05) is 11.5 Å². The molecule has 0 radical (unpaired) electrons. The molecule has 0 saturated heterocycles. The first-order valence-corrected chi connectivity index (χ1v) is 7.12. The fourth-order valence-corrected chi connectivity index (χ4v) is 2.71. The van der Waals surface area contributed by atoms with Crippen LogP contribution in [0.3, 0.4) is 0 Å². The van der Waals surface area contributed by atoms with Crippen molar-refractivity contribution < 1.29 is 9.90 Å². The highest BCUT2D eigenvalue weighted by molar-refractivity contribution is 7.09. The summed E-state index contributed by atoms with van der Waals surface area (Å²) in [5.74, 6) is -0.161. The number of thiazole rings is 1. The molecule has 0 spiro atoms. The minimum absolute atomic E-state index is 0.104. The third-order valence-corrected chi connectivity index (χ3v) is 3.89. The molecule has 1 saturated carbocycles. The number of carbonyl (C=O) groups excluding carboxylic acids is 1. The van der Waals surface area contributed by atoms with Gasteiger partial charge in [-0.1, -0.05) is 12.8 Å². The zero-order chi connectivity index (χ0) is 13.0. The first-order valence-electron chi connectivity index (χ1n) is 6.24. The van der Waals surface area contributed by atoms with Crippen molar-refractivity contribution in [3.8, 4) is 0 Å². The predicted octanol–water partition coefficient (Wildman–Crippen LogP) is 1.88. The number of rotatable bonds is 3. The molecule has 18 heavy (non-hydrogen) atoms. The van der Waals surface area contributed by atoms with Crippen molar-refractivity contribution in [3.63, 3.8) is 0 Å². The average molecular weight is 266 g/mol. The van der Waals surface area contributed by atoms with Crippen molar-refractivity contribution in [1.82, 2.24) is 10.3 Å². The van der Waals surface area contributed by atoms with Crippen LogP contribution in [0.15, 0.2) is 11.5 Å². The number of aromatic nitrogens is 1. The molecule has 1 fully saturated rings. The lowest BCUT2D eigenvalue weighted by Crippen LogP contribution is -2.44. The molecule has 1 aromatic rings. The zero-order valence-corrected chi connectivity index (χ0v) is 11.2. The van der Waals surface area contributed by atoms with Gasteiger partial charge in [-0.05, 0) is 25.8 Å². The summed E-state index contributed by atoms with van der Waals surface area (Å²) in [4.78, 5) is 16.0. The Morgan fingerprint density at radius 2 is 2.33 bits per heavy atom. The van der Waals surface area contributed by atoms with Gasteiger partial charge in [0.1, 0.15) is 0 Å². The van der Waals surface area contributed by atoms with Crippen LogP contribution in [0.2, 0.25) is 0 Å². The van der Waals surface area contributed by atoms with Crippen molar-refractivity contribution >= 4 is 23.3 Å². The molecule has 1 aliphatic rings. The summed E-state index contributed by atoms with van der Waals surface area (Å²) in [5.41, 5.74) is 0.803. The fourth-order valence-electron chi connectivity index (χ4n) is 2.13. The normalized spacial score (nSPS) is 24.3. The lowest BCUT2D eigenvalue weighted by atomic mass is 9.92. The molecule has 4 nitrogen and oxygen atoms in total. The van der Waals surface area contributed by atoms with Crippen LogP contribution < -0.4 is 5.32 Å². The molecule has 0 bridgehead atoms. The van der Waals surface area contributed by atoms with Gasteiger partial charge in [-0.15, -0.1) is 11.3 Å². The second-order valence-corrected chi connectivity index (χ2v) is 5.65. The van der Waals surface area contributed by atoms with E-state index in [0.717, 1.165) is 36.4 Å². The highest BCUT2D eigenvalue weighted by atomic mass is 32.1. The van der Waals surface area contributed by atoms with Crippen molar-refractivity contribution in [2.75, 3.05) is 0 Å². The van der Waals surface area contributed by atoms with Gasteiger partial charge < -0.3 is 10.4 Å². The number of nitrogens with one attached hydrogen (secondary N) is 1. The molecular formula is C13H18N2O2S. The molecule has 2 rings (SSSR count). The van der Waals surface area contributed by atoms with Gasteiger partial charge in [0.15, 0.2) is 0 Å². The SMILES string of the molecule is Cc1nc(/C=C/C(=O)N[C@H]2CCCC[C@@H]2O)cs1. The lowest BCUT2D eigenvalue weighted by Gasteiger charge is -2.27. The van der Waals surface area contributed by atoms with Crippen molar-refractivity contribution in [2.24, 2.45) is 0 Å². The quantitative estimate of drug-likeness (QED) is 0.821. The highest BCUT2D eigenvalue weighted by Gasteiger charge is 2.23. The first-order chi connectivity index (χ1) is 8.65. The van der Waals surface area contributed by atoms with Gasteiger partial charge >= 0.3 is 0 Å². The molecule has 0 aliphatic heterocycles. The Hall–Kier alpha value is -1.20. The number of amides is 1. The molecule has 0 unspecified atom stereocenters. The summed E-state index contributed by atoms with van der Waals surface area (Å²) in [5, 5.41) is 15.5. The van der Waals surface area contributed by atoms with E-state index in [1.165, 1.54) is 6.08 Å². The number of aliphatic hydroxyl groups is 1. The Morgan fingerprint density at radius 1 is 1.56 bits per heavy atom. The van der Waals surface area contributed by atoms with E-state index in [4.69, 9.17) is 0 Å². The monoisotopic (exact) mass is 266 g/mol. The lowest BCUT2D eigenvalue weighted by molar-refractivity contribution is -0.118. The van der Waals surface area contributed by atoms with E-state index in [1.807, 2.05) is 12.3 Å². The van der Waals surface area contributed by atoms with E-state index in [2.05, 4.69) is 10.3 Å². The average Bonchev–Trinajstić information content (AvgIpc) is 2.76. The van der Waals surface area contributed by atoms with Gasteiger partial charge in [0.2, 0.25) is 5.91 Å². The fraction of sp³-hybridized carbons (Fsp3) is 0.538. The number of hydrogen-bond acceptors (Lipinski definition) is 4. The molecule has 1 aliphatic carbocycles. The third-order valence-electron chi connectivity index (χ3n) is 3.10. The van der Waals surface area contributed by atoms with E-state index >= 15 is 0 Å². The van der Waals surface area contributed by atoms with Gasteiger partial charge in [0.25, 0.3) is 0 Å². The maximum atomic E-state index is 11.7. The molecular weight excluding hydrogens is 248 g/mol. The van der Waals surface area contributed by atoms with Crippen LogP contribution in [0.5, 0.6) is 0 Å². The van der Waals surface area contributed by atoms with Crippen molar-refractivity contribution in [1.29, 1.82) is 0 Å². The van der Waals surface area contributed by atoms with E-state index < -0.39 is 6.10 Å². The standard InChI is InChI=1S/C13H18N2O2S/c1-9-14-10(8-18-9)6-7-13(17)15-11-4-2-3-5-12(11)16/h6-8,11-12,16H,2-5H2,1H3,(H,15,17)/b7-6+/t11-,12-/m0/s1. The third kappa shape index (κ3) is 3.65. The van der Waals surface area contributed by atoms with Crippen LogP contribution in [0.25, 0.3) is 6.08 Å². The minimum atomic E-state index is -0.405. The maximum absolute atomic E-state index is 11.7. The highest BCUT2D eigenvalue weighted by Crippen LogP contribution is 2.18. The van der Waals surface area contributed by atoms with Gasteiger partial charge in [-0.3, -0.25) is 4.79 Å². The number of hydrogen-bond donors (Lipinski definition) is 2. The number of aliphatic hydroxyl groups excluding tert-OH is 1. The van der Waals surface area contributed by atoms with Crippen LogP contribution >= 0.6 is 11.3 Å². The second-order valence-electron chi connectivity index (χ2n) is 4.59. The molecule has 2 atom stereocenters. The van der Waals surface area contributed by atoms with E-state index in [9.17, 15) is 9.90 Å². The summed E-state index contributed by atoms with van der Waals surface area (Å²) in [6.07, 6.45) is 6.52. The van der Waals surface area contributed by atoms with Crippen molar-refractivity contribution in [2.45, 2.75) is 44.8 Å². The molecule has 98 valence electrons. The van der Waals surface area contributed by atoms with Gasteiger partial charge in [0.05, 0.1) is 22.8 Å². The molecule has 0 aromatic carbocycles. The van der Waals surface area contributed by atoms with Crippen LogP contribution in [-0.4, -0.2) is 28.1 Å². The molecule has 2 N–H and O–H groups in total. The zero-order valence-electron chi connectivity index (χ0n) is 10.4. The van der Waals surface area contributed by atoms with Gasteiger partial charge in [-0.2, -0.15) is 0 Å². The smallest absolute Gasteiger partial charge is 0.244 e. The molecule has 1 amide bonds. The van der Waals surface area contributed by atoms with Crippen molar-refractivity contribution in [3.05, 3.63) is 22.2 Å². The Kier molecular flexibility index (Phi) is 4.49. The second kappa shape index (κ2) is 6.11. The summed E-state index contributed by atoms with van der Waals surface area (Å²) in [6.45, 7) is 1.93. The Balaban J connectivity index is 1.86. The van der Waals surface area contributed by atoms with Crippen LogP contribution in [-0.2, 0) is 4.79 Å². The van der Waals surface area contributed by atoms with E-state index in [0.29, 0.717) is 0 Å². The summed E-state index contributed by atoms with van der Waals surface area (Å²) in [6, 6.07) is -0.104. The number of aryl methyl sites for hydroxylation is 1. The maximum Gasteiger partial charge on any atom is 0.244 e. The molecule has 5 heteroatoms. The Labute approximate surface area is 111 Å². The topological polar surface area (TPSA) is 62.2 Å². The molecule has 1 heterocycles. The Bertz CT molecular complexity index is 442. The Morgan fingerprint density at radius 3 is 3.00 bits per heavy atom. The van der Waals surface area contributed by atoms with E-state index in [1.54, 1.807) is 17.4 Å². The van der Waals surface area contributed by atoms with Crippen LogP contribution in [0.1, 0.15) is 36.4 Å². The summed E-state index contributed by atoms with van der Waals surface area (Å²) >= 11 is 1.56. The van der Waals surface area contributed by atoms with Crippen LogP contribution in [0, 0.1) is 6.92 Å². The minimum Gasteiger partial charge on any atom is -0.391 e. The summed E-state index contributed by atoms with van der Waals surface area (Å²) < 4.78 is 0.